The van der Waals surface area contributed by atoms with Crippen molar-refractivity contribution >= 4 is 11.3 Å². The van der Waals surface area contributed by atoms with E-state index in [1.807, 2.05) is 0 Å². The maximum Gasteiger partial charge on any atom is 0.155 e. The fraction of sp³-hybridized carbons (Fsp3) is 0.484. The van der Waals surface area contributed by atoms with Crippen molar-refractivity contribution in [1.29, 1.82) is 0 Å². The molecule has 2 aliphatic heterocycles. The third-order valence-electron chi connectivity index (χ3n) is 8.41. The molecule has 3 aliphatic rings. The van der Waals surface area contributed by atoms with Gasteiger partial charge >= 0.3 is 0 Å². The van der Waals surface area contributed by atoms with E-state index in [4.69, 9.17) is 10.1 Å². The van der Waals surface area contributed by atoms with Gasteiger partial charge < -0.3 is 10.2 Å². The topological polar surface area (TPSA) is 45.5 Å². The molecule has 0 spiro atoms. The molecule has 1 aromatic carbocycles. The summed E-state index contributed by atoms with van der Waals surface area (Å²) in [6.45, 7) is 15.4. The van der Waals surface area contributed by atoms with Crippen LogP contribution in [0.25, 0.3) is 11.3 Å². The van der Waals surface area contributed by atoms with E-state index in [0.717, 1.165) is 61.5 Å². The Hall–Kier alpha value is -3.08. The molecule has 36 heavy (non-hydrogen) atoms. The zero-order valence-electron chi connectivity index (χ0n) is 21.9. The normalized spacial score (nSPS) is 23.4. The van der Waals surface area contributed by atoms with Gasteiger partial charge in [0.1, 0.15) is 0 Å². The predicted molar refractivity (Wildman–Crippen MR) is 147 cm³/mol. The Morgan fingerprint density at radius 3 is 2.67 bits per heavy atom. The lowest BCUT2D eigenvalue weighted by molar-refractivity contribution is 0.226. The van der Waals surface area contributed by atoms with Crippen molar-refractivity contribution in [3.05, 3.63) is 83.0 Å². The SMILES string of the molecule is C=C1CCc2ccc(C)cc2C(=C)N2CCCCC2c2cc3nc(C4CC4)cc(n3n2)C(C)CCN1. The molecule has 1 saturated carbocycles. The van der Waals surface area contributed by atoms with Gasteiger partial charge in [0.15, 0.2) is 5.65 Å². The van der Waals surface area contributed by atoms with Crippen molar-refractivity contribution in [2.75, 3.05) is 13.1 Å². The number of hydrogen-bond acceptors (Lipinski definition) is 4. The van der Waals surface area contributed by atoms with Crippen molar-refractivity contribution in [3.8, 4) is 0 Å². The second kappa shape index (κ2) is 9.42. The van der Waals surface area contributed by atoms with Crippen LogP contribution in [0, 0.1) is 6.92 Å². The number of aryl methyl sites for hydroxylation is 2. The summed E-state index contributed by atoms with van der Waals surface area (Å²) < 4.78 is 2.14. The summed E-state index contributed by atoms with van der Waals surface area (Å²) in [5, 5.41) is 8.84. The second-order valence-electron chi connectivity index (χ2n) is 11.3. The van der Waals surface area contributed by atoms with Crippen LogP contribution in [0.1, 0.15) is 104 Å². The highest BCUT2D eigenvalue weighted by Gasteiger charge is 2.31. The van der Waals surface area contributed by atoms with E-state index < -0.39 is 0 Å². The zero-order valence-corrected chi connectivity index (χ0v) is 21.9. The smallest absolute Gasteiger partial charge is 0.155 e. The molecule has 1 aliphatic carbocycles. The first-order chi connectivity index (χ1) is 17.5. The van der Waals surface area contributed by atoms with E-state index in [9.17, 15) is 0 Å². The van der Waals surface area contributed by atoms with Gasteiger partial charge in [-0.15, -0.1) is 0 Å². The Kier molecular flexibility index (Phi) is 6.10. The monoisotopic (exact) mass is 481 g/mol. The van der Waals surface area contributed by atoms with Gasteiger partial charge in [-0.25, -0.2) is 9.50 Å². The number of piperidine rings is 1. The van der Waals surface area contributed by atoms with Crippen LogP contribution < -0.4 is 5.32 Å². The highest BCUT2D eigenvalue weighted by atomic mass is 15.3. The third kappa shape index (κ3) is 4.44. The number of rotatable bonds is 1. The quantitative estimate of drug-likeness (QED) is 0.422. The zero-order chi connectivity index (χ0) is 24.8. The number of aromatic nitrogens is 3. The minimum atomic E-state index is 0.235. The first kappa shape index (κ1) is 23.3. The number of benzene rings is 1. The molecule has 2 bridgehead atoms. The summed E-state index contributed by atoms with van der Waals surface area (Å²) >= 11 is 0. The third-order valence-corrected chi connectivity index (χ3v) is 8.41. The Morgan fingerprint density at radius 1 is 0.972 bits per heavy atom. The van der Waals surface area contributed by atoms with Crippen LogP contribution in [0.5, 0.6) is 0 Å². The lowest BCUT2D eigenvalue weighted by atomic mass is 9.93. The minimum absolute atomic E-state index is 0.235. The van der Waals surface area contributed by atoms with Gasteiger partial charge in [-0.2, -0.15) is 5.10 Å². The standard InChI is InChI=1S/C31H39N5/c1-20-8-10-24-11-9-22(3)32-15-14-21(2)30-18-27(25-12-13-25)33-31-19-28(34-36(30)31)29-7-5-6-16-35(29)23(4)26(24)17-20/h8,10,17-19,21,25,29,32H,3-7,9,11-16H2,1-2H3. The molecule has 188 valence electrons. The van der Waals surface area contributed by atoms with Gasteiger partial charge in [-0.1, -0.05) is 37.8 Å². The number of nitrogens with zero attached hydrogens (tertiary/aromatic N) is 4. The summed E-state index contributed by atoms with van der Waals surface area (Å²) in [6, 6.07) is 11.7. The van der Waals surface area contributed by atoms with Gasteiger partial charge in [-0.3, -0.25) is 0 Å². The fourth-order valence-electron chi connectivity index (χ4n) is 6.02. The molecule has 4 heterocycles. The van der Waals surface area contributed by atoms with Crippen molar-refractivity contribution < 1.29 is 0 Å². The average molecular weight is 482 g/mol. The van der Waals surface area contributed by atoms with E-state index >= 15 is 0 Å². The van der Waals surface area contributed by atoms with Crippen molar-refractivity contribution in [3.63, 3.8) is 0 Å². The highest BCUT2D eigenvalue weighted by molar-refractivity contribution is 5.66. The molecule has 2 aromatic heterocycles. The summed E-state index contributed by atoms with van der Waals surface area (Å²) in [4.78, 5) is 7.62. The van der Waals surface area contributed by atoms with Gasteiger partial charge in [0.05, 0.1) is 11.7 Å². The van der Waals surface area contributed by atoms with Crippen LogP contribution in [-0.4, -0.2) is 32.6 Å². The van der Waals surface area contributed by atoms with Crippen LogP contribution in [0.3, 0.4) is 0 Å². The minimum Gasteiger partial charge on any atom is -0.389 e. The van der Waals surface area contributed by atoms with Gasteiger partial charge in [0.25, 0.3) is 0 Å². The average Bonchev–Trinajstić information content (AvgIpc) is 3.65. The maximum absolute atomic E-state index is 5.24. The van der Waals surface area contributed by atoms with E-state index in [0.29, 0.717) is 11.8 Å². The van der Waals surface area contributed by atoms with Gasteiger partial charge in [-0.05, 0) is 76.0 Å². The van der Waals surface area contributed by atoms with Crippen LogP contribution in [0.4, 0.5) is 0 Å². The molecule has 0 radical (unpaired) electrons. The number of nitrogens with one attached hydrogen (secondary N) is 1. The van der Waals surface area contributed by atoms with Crippen molar-refractivity contribution in [2.45, 2.75) is 83.1 Å². The number of hydrogen-bond donors (Lipinski definition) is 1. The van der Waals surface area contributed by atoms with E-state index in [-0.39, 0.29) is 6.04 Å². The largest absolute Gasteiger partial charge is 0.389 e. The second-order valence-corrected chi connectivity index (χ2v) is 11.3. The molecule has 5 nitrogen and oxygen atoms in total. The maximum atomic E-state index is 5.24. The summed E-state index contributed by atoms with van der Waals surface area (Å²) in [5.41, 5.74) is 10.8. The van der Waals surface area contributed by atoms with E-state index in [1.165, 1.54) is 53.8 Å². The predicted octanol–water partition coefficient (Wildman–Crippen LogP) is 6.66. The molecule has 2 fully saturated rings. The number of allylic oxidation sites excluding steroid dienone is 1. The first-order valence-corrected chi connectivity index (χ1v) is 13.9. The fourth-order valence-corrected chi connectivity index (χ4v) is 6.02. The first-order valence-electron chi connectivity index (χ1n) is 13.9. The van der Waals surface area contributed by atoms with Crippen molar-refractivity contribution in [2.24, 2.45) is 0 Å². The van der Waals surface area contributed by atoms with Gasteiger partial charge in [0.2, 0.25) is 0 Å². The highest BCUT2D eigenvalue weighted by Crippen LogP contribution is 2.41. The summed E-state index contributed by atoms with van der Waals surface area (Å²) in [7, 11) is 0. The van der Waals surface area contributed by atoms with Crippen LogP contribution in [0.2, 0.25) is 0 Å². The number of fused-ring (bicyclic) bond motifs is 4. The van der Waals surface area contributed by atoms with Crippen molar-refractivity contribution in [1.82, 2.24) is 24.8 Å². The molecular weight excluding hydrogens is 442 g/mol. The molecular formula is C31H39N5. The lowest BCUT2D eigenvalue weighted by Crippen LogP contribution is -2.32. The molecule has 1 saturated heterocycles. The lowest BCUT2D eigenvalue weighted by Gasteiger charge is -2.38. The molecule has 1 N–H and O–H groups in total. The Labute approximate surface area is 215 Å². The summed E-state index contributed by atoms with van der Waals surface area (Å²) in [6.07, 6.45) is 8.98. The van der Waals surface area contributed by atoms with Crippen LogP contribution in [0.15, 0.2) is 49.2 Å². The molecule has 0 amide bonds. The van der Waals surface area contributed by atoms with Crippen LogP contribution >= 0.6 is 0 Å². The van der Waals surface area contributed by atoms with E-state index in [2.05, 4.69) is 72.1 Å². The van der Waals surface area contributed by atoms with Crippen LogP contribution in [-0.2, 0) is 6.42 Å². The molecule has 3 aromatic rings. The molecule has 5 heteroatoms. The molecule has 2 atom stereocenters. The van der Waals surface area contributed by atoms with Gasteiger partial charge in [0, 0.05) is 59.3 Å². The summed E-state index contributed by atoms with van der Waals surface area (Å²) in [5.74, 6) is 1.01. The molecule has 6 rings (SSSR count). The Bertz CT molecular complexity index is 1310. The Balaban J connectivity index is 1.47. The van der Waals surface area contributed by atoms with E-state index in [1.54, 1.807) is 0 Å². The Morgan fingerprint density at radius 2 is 1.83 bits per heavy atom. The molecule has 2 unspecified atom stereocenters.